The van der Waals surface area contributed by atoms with Crippen LogP contribution in [0.2, 0.25) is 0 Å². The molecule has 1 unspecified atom stereocenters. The lowest BCUT2D eigenvalue weighted by molar-refractivity contribution is 0.104. The largest absolute Gasteiger partial charge is 0.442 e. The van der Waals surface area contributed by atoms with E-state index in [1.165, 1.54) is 0 Å². The third kappa shape index (κ3) is 2.49. The number of carbonyl (C=O) groups excluding carboxylic acids is 1. The molecule has 0 aromatic heterocycles. The molecule has 0 aliphatic carbocycles. The summed E-state index contributed by atoms with van der Waals surface area (Å²) in [5, 5.41) is 0. The molecule has 2 N–H and O–H groups in total. The van der Waals surface area contributed by atoms with Gasteiger partial charge in [-0.15, -0.1) is 0 Å². The van der Waals surface area contributed by atoms with Crippen molar-refractivity contribution in [2.24, 2.45) is 5.73 Å². The number of carbonyl (C=O) groups is 1. The van der Waals surface area contributed by atoms with Crippen molar-refractivity contribution >= 4 is 6.09 Å². The number of amides is 1. The summed E-state index contributed by atoms with van der Waals surface area (Å²) >= 11 is 0. The van der Waals surface area contributed by atoms with Crippen LogP contribution in [-0.2, 0) is 4.74 Å². The zero-order chi connectivity index (χ0) is 10.6. The van der Waals surface area contributed by atoms with Gasteiger partial charge in [-0.25, -0.2) is 4.79 Å². The Balaban J connectivity index is 2.89. The first-order valence-corrected chi connectivity index (χ1v) is 4.66. The van der Waals surface area contributed by atoms with E-state index in [4.69, 9.17) is 10.5 Å². The number of primary amides is 1. The summed E-state index contributed by atoms with van der Waals surface area (Å²) in [6.45, 7) is 3.95. The molecule has 0 aliphatic heterocycles. The van der Waals surface area contributed by atoms with Gasteiger partial charge >= 0.3 is 6.09 Å². The Morgan fingerprint density at radius 1 is 1.50 bits per heavy atom. The van der Waals surface area contributed by atoms with E-state index >= 15 is 0 Å². The molecule has 1 amide bonds. The van der Waals surface area contributed by atoms with E-state index in [2.05, 4.69) is 0 Å². The summed E-state index contributed by atoms with van der Waals surface area (Å²) in [6.07, 6.45) is -0.220. The van der Waals surface area contributed by atoms with Crippen molar-refractivity contribution in [2.45, 2.75) is 26.4 Å². The van der Waals surface area contributed by atoms with Crippen LogP contribution in [0.1, 0.15) is 30.6 Å². The number of hydrogen-bond acceptors (Lipinski definition) is 2. The topological polar surface area (TPSA) is 52.3 Å². The van der Waals surface area contributed by atoms with E-state index in [-0.39, 0.29) is 6.10 Å². The van der Waals surface area contributed by atoms with Crippen LogP contribution in [-0.4, -0.2) is 6.09 Å². The lowest BCUT2D eigenvalue weighted by Crippen LogP contribution is -2.17. The Morgan fingerprint density at radius 2 is 2.14 bits per heavy atom. The Labute approximate surface area is 83.9 Å². The highest BCUT2D eigenvalue weighted by molar-refractivity contribution is 5.65. The second kappa shape index (κ2) is 4.65. The molecule has 0 spiro atoms. The van der Waals surface area contributed by atoms with E-state index in [9.17, 15) is 4.79 Å². The van der Waals surface area contributed by atoms with Gasteiger partial charge in [0, 0.05) is 0 Å². The Morgan fingerprint density at radius 3 is 2.64 bits per heavy atom. The molecule has 0 aliphatic rings. The average molecular weight is 193 g/mol. The van der Waals surface area contributed by atoms with Crippen LogP contribution in [0, 0.1) is 6.92 Å². The second-order valence-electron chi connectivity index (χ2n) is 3.19. The summed E-state index contributed by atoms with van der Waals surface area (Å²) in [5.74, 6) is 0. The van der Waals surface area contributed by atoms with Crippen molar-refractivity contribution in [1.29, 1.82) is 0 Å². The fourth-order valence-electron chi connectivity index (χ4n) is 1.45. The highest BCUT2D eigenvalue weighted by atomic mass is 16.6. The standard InChI is InChI=1S/C11H15NO2/c1-3-10(14-11(12)13)9-7-5-4-6-8(9)2/h4-7,10H,3H2,1-2H3,(H2,12,13). The van der Waals surface area contributed by atoms with Crippen molar-refractivity contribution in [3.63, 3.8) is 0 Å². The summed E-state index contributed by atoms with van der Waals surface area (Å²) in [4.78, 5) is 10.7. The Kier molecular flexibility index (Phi) is 3.51. The minimum Gasteiger partial charge on any atom is -0.442 e. The Bertz CT molecular complexity index is 323. The molecule has 3 heteroatoms. The quantitative estimate of drug-likeness (QED) is 0.802. The van der Waals surface area contributed by atoms with Gasteiger partial charge in [0.15, 0.2) is 0 Å². The van der Waals surface area contributed by atoms with Crippen molar-refractivity contribution < 1.29 is 9.53 Å². The molecular weight excluding hydrogens is 178 g/mol. The van der Waals surface area contributed by atoms with Gasteiger partial charge in [-0.2, -0.15) is 0 Å². The second-order valence-corrected chi connectivity index (χ2v) is 3.19. The highest BCUT2D eigenvalue weighted by Crippen LogP contribution is 2.23. The molecule has 0 bridgehead atoms. The fraction of sp³-hybridized carbons (Fsp3) is 0.364. The Hall–Kier alpha value is -1.51. The van der Waals surface area contributed by atoms with Gasteiger partial charge in [0.2, 0.25) is 0 Å². The van der Waals surface area contributed by atoms with E-state index in [1.54, 1.807) is 0 Å². The number of rotatable bonds is 3. The maximum Gasteiger partial charge on any atom is 0.405 e. The average Bonchev–Trinajstić information content (AvgIpc) is 2.15. The lowest BCUT2D eigenvalue weighted by Gasteiger charge is -2.16. The van der Waals surface area contributed by atoms with Gasteiger partial charge in [-0.05, 0) is 24.5 Å². The normalized spacial score (nSPS) is 12.1. The van der Waals surface area contributed by atoms with Crippen molar-refractivity contribution in [3.05, 3.63) is 35.4 Å². The molecule has 1 aromatic rings. The van der Waals surface area contributed by atoms with Gasteiger partial charge in [-0.1, -0.05) is 31.2 Å². The van der Waals surface area contributed by atoms with Crippen molar-refractivity contribution in [3.8, 4) is 0 Å². The zero-order valence-corrected chi connectivity index (χ0v) is 8.49. The van der Waals surface area contributed by atoms with Gasteiger partial charge < -0.3 is 10.5 Å². The molecule has 0 saturated carbocycles. The minimum absolute atomic E-state index is 0.228. The van der Waals surface area contributed by atoms with Gasteiger partial charge in [0.1, 0.15) is 6.10 Å². The predicted molar refractivity (Wildman–Crippen MR) is 54.9 cm³/mol. The molecule has 0 radical (unpaired) electrons. The summed E-state index contributed by atoms with van der Waals surface area (Å²) in [5.41, 5.74) is 7.13. The van der Waals surface area contributed by atoms with Crippen LogP contribution in [0.4, 0.5) is 4.79 Å². The molecular formula is C11H15NO2. The van der Waals surface area contributed by atoms with Crippen LogP contribution in [0.5, 0.6) is 0 Å². The van der Waals surface area contributed by atoms with E-state index in [1.807, 2.05) is 38.1 Å². The van der Waals surface area contributed by atoms with Crippen LogP contribution in [0.25, 0.3) is 0 Å². The third-order valence-corrected chi connectivity index (χ3v) is 2.16. The molecule has 0 heterocycles. The maximum atomic E-state index is 10.7. The summed E-state index contributed by atoms with van der Waals surface area (Å²) < 4.78 is 5.01. The fourth-order valence-corrected chi connectivity index (χ4v) is 1.45. The molecule has 0 saturated heterocycles. The smallest absolute Gasteiger partial charge is 0.405 e. The molecule has 1 aromatic carbocycles. The van der Waals surface area contributed by atoms with Crippen molar-refractivity contribution in [2.75, 3.05) is 0 Å². The highest BCUT2D eigenvalue weighted by Gasteiger charge is 2.14. The first-order valence-electron chi connectivity index (χ1n) is 4.66. The molecule has 0 fully saturated rings. The first kappa shape index (κ1) is 10.6. The molecule has 3 nitrogen and oxygen atoms in total. The molecule has 1 atom stereocenters. The summed E-state index contributed by atoms with van der Waals surface area (Å²) in [6, 6.07) is 7.82. The maximum absolute atomic E-state index is 10.7. The third-order valence-electron chi connectivity index (χ3n) is 2.16. The van der Waals surface area contributed by atoms with Crippen LogP contribution in [0.15, 0.2) is 24.3 Å². The van der Waals surface area contributed by atoms with Crippen LogP contribution < -0.4 is 5.73 Å². The molecule has 14 heavy (non-hydrogen) atoms. The van der Waals surface area contributed by atoms with Gasteiger partial charge in [-0.3, -0.25) is 0 Å². The number of nitrogens with two attached hydrogens (primary N) is 1. The summed E-state index contributed by atoms with van der Waals surface area (Å²) in [7, 11) is 0. The minimum atomic E-state index is -0.722. The molecule has 76 valence electrons. The van der Waals surface area contributed by atoms with Gasteiger partial charge in [0.25, 0.3) is 0 Å². The number of benzene rings is 1. The lowest BCUT2D eigenvalue weighted by atomic mass is 10.0. The number of aryl methyl sites for hydroxylation is 1. The van der Waals surface area contributed by atoms with Crippen molar-refractivity contribution in [1.82, 2.24) is 0 Å². The van der Waals surface area contributed by atoms with Crippen LogP contribution >= 0.6 is 0 Å². The number of ether oxygens (including phenoxy) is 1. The van der Waals surface area contributed by atoms with Gasteiger partial charge in [0.05, 0.1) is 0 Å². The van der Waals surface area contributed by atoms with E-state index < -0.39 is 6.09 Å². The monoisotopic (exact) mass is 193 g/mol. The van der Waals surface area contributed by atoms with Crippen LogP contribution in [0.3, 0.4) is 0 Å². The molecule has 1 rings (SSSR count). The first-order chi connectivity index (χ1) is 6.65. The number of hydrogen-bond donors (Lipinski definition) is 1. The SMILES string of the molecule is CCC(OC(N)=O)c1ccccc1C. The van der Waals surface area contributed by atoms with E-state index in [0.29, 0.717) is 0 Å². The van der Waals surface area contributed by atoms with E-state index in [0.717, 1.165) is 17.5 Å². The zero-order valence-electron chi connectivity index (χ0n) is 8.49. The predicted octanol–water partition coefficient (Wildman–Crippen LogP) is 2.54.